The Morgan fingerprint density at radius 3 is 2.62 bits per heavy atom. The number of rotatable bonds is 4. The van der Waals surface area contributed by atoms with E-state index in [2.05, 4.69) is 4.90 Å². The van der Waals surface area contributed by atoms with E-state index < -0.39 is 14.8 Å². The van der Waals surface area contributed by atoms with Gasteiger partial charge in [0.1, 0.15) is 0 Å². The van der Waals surface area contributed by atoms with Crippen molar-refractivity contribution in [3.05, 3.63) is 0 Å². The molecule has 0 bridgehead atoms. The molecule has 0 N–H and O–H groups in total. The second-order valence-electron chi connectivity index (χ2n) is 1.73. The number of hydrogen-bond acceptors (Lipinski definition) is 2. The van der Waals surface area contributed by atoms with Crippen LogP contribution in [0.2, 0.25) is 0 Å². The third-order valence-corrected chi connectivity index (χ3v) is 1.92. The molecule has 0 heterocycles. The van der Waals surface area contributed by atoms with E-state index in [1.54, 1.807) is 0 Å². The van der Waals surface area contributed by atoms with Gasteiger partial charge in [0.05, 0.1) is 0 Å². The Bertz CT molecular complexity index is 53.3. The van der Waals surface area contributed by atoms with Crippen LogP contribution in [-0.2, 0) is 3.76 Å². The predicted octanol–water partition coefficient (Wildman–Crippen LogP) is 0.338. The summed E-state index contributed by atoms with van der Waals surface area (Å²) in [5, 5.41) is 0. The summed E-state index contributed by atoms with van der Waals surface area (Å²) >= 11 is -0.585. The molecule has 0 amide bonds. The van der Waals surface area contributed by atoms with Crippen molar-refractivity contribution in [2.75, 3.05) is 27.2 Å². The molecule has 0 aliphatic heterocycles. The van der Waals surface area contributed by atoms with Gasteiger partial charge in [0.25, 0.3) is 0 Å². The van der Waals surface area contributed by atoms with E-state index in [9.17, 15) is 0 Å². The van der Waals surface area contributed by atoms with Gasteiger partial charge in [-0.1, -0.05) is 0 Å². The first-order valence-corrected chi connectivity index (χ1v) is 6.01. The molecule has 0 unspecified atom stereocenters. The van der Waals surface area contributed by atoms with Gasteiger partial charge in [-0.05, 0) is 0 Å². The van der Waals surface area contributed by atoms with Gasteiger partial charge in [-0.15, -0.1) is 0 Å². The molecule has 0 aromatic carbocycles. The van der Waals surface area contributed by atoms with E-state index in [0.29, 0.717) is 0 Å². The summed E-state index contributed by atoms with van der Waals surface area (Å²) in [6.45, 7) is 1.74. The Morgan fingerprint density at radius 1 is 1.62 bits per heavy atom. The first-order chi connectivity index (χ1) is 3.77. The normalized spacial score (nSPS) is 10.5. The number of halogens is 1. The number of nitrogens with zero attached hydrogens (tertiary/aromatic N) is 1. The molecular formula is C4H10ClGeNO. The minimum atomic E-state index is -0.585. The van der Waals surface area contributed by atoms with Gasteiger partial charge in [-0.3, -0.25) is 0 Å². The van der Waals surface area contributed by atoms with Crippen molar-refractivity contribution in [1.29, 1.82) is 0 Å². The van der Waals surface area contributed by atoms with Crippen molar-refractivity contribution >= 4 is 24.8 Å². The molecule has 2 nitrogen and oxygen atoms in total. The monoisotopic (exact) mass is 197 g/mol. The fraction of sp³-hybridized carbons (Fsp3) is 1.00. The van der Waals surface area contributed by atoms with Gasteiger partial charge in [0, 0.05) is 0 Å². The van der Waals surface area contributed by atoms with Crippen LogP contribution in [0.5, 0.6) is 0 Å². The van der Waals surface area contributed by atoms with Crippen molar-refractivity contribution in [3.8, 4) is 0 Å². The minimum absolute atomic E-state index is 0.585. The standard InChI is InChI=1S/C4H10ClGeNO/c1-7(2)3-4-8-6-5/h3-4H2,1-2H3. The predicted molar refractivity (Wildman–Crippen MR) is 36.1 cm³/mol. The second kappa shape index (κ2) is 5.88. The summed E-state index contributed by atoms with van der Waals surface area (Å²) in [5.74, 6) is 0. The first kappa shape index (κ1) is 8.75. The van der Waals surface area contributed by atoms with Crippen LogP contribution in [0.25, 0.3) is 0 Å². The molecule has 0 rings (SSSR count). The quantitative estimate of drug-likeness (QED) is 0.475. The molecule has 0 aromatic heterocycles. The van der Waals surface area contributed by atoms with Crippen LogP contribution in [0.4, 0.5) is 0 Å². The van der Waals surface area contributed by atoms with Crippen LogP contribution in [-0.4, -0.2) is 47.0 Å². The van der Waals surface area contributed by atoms with Crippen LogP contribution in [0.1, 0.15) is 0 Å². The number of hydrogen-bond donors (Lipinski definition) is 0. The van der Waals surface area contributed by atoms with Crippen molar-refractivity contribution < 1.29 is 3.76 Å². The maximum atomic E-state index is 5.37. The van der Waals surface area contributed by atoms with Gasteiger partial charge in [-0.2, -0.15) is 0 Å². The molecule has 0 aliphatic rings. The van der Waals surface area contributed by atoms with Crippen molar-refractivity contribution in [2.45, 2.75) is 0 Å². The van der Waals surface area contributed by atoms with E-state index >= 15 is 0 Å². The van der Waals surface area contributed by atoms with Crippen LogP contribution >= 0.6 is 10.0 Å². The second-order valence-corrected chi connectivity index (χ2v) is 3.46. The summed E-state index contributed by atoms with van der Waals surface area (Å²) in [6.07, 6.45) is 0. The molecule has 0 aromatic rings. The molecule has 0 saturated heterocycles. The summed E-state index contributed by atoms with van der Waals surface area (Å²) in [6, 6.07) is 0. The van der Waals surface area contributed by atoms with Gasteiger partial charge < -0.3 is 0 Å². The molecule has 8 heavy (non-hydrogen) atoms. The van der Waals surface area contributed by atoms with Crippen LogP contribution in [0.15, 0.2) is 0 Å². The van der Waals surface area contributed by atoms with E-state index in [1.165, 1.54) is 0 Å². The molecule has 4 heteroatoms. The molecule has 0 aliphatic carbocycles. The van der Waals surface area contributed by atoms with Crippen LogP contribution < -0.4 is 0 Å². The Hall–Kier alpha value is 0.753. The van der Waals surface area contributed by atoms with Gasteiger partial charge >= 0.3 is 60.8 Å². The Morgan fingerprint density at radius 2 is 2.25 bits per heavy atom. The average Bonchev–Trinajstić information content (AvgIpc) is 1.66. The van der Waals surface area contributed by atoms with Gasteiger partial charge in [0.2, 0.25) is 0 Å². The summed E-state index contributed by atoms with van der Waals surface area (Å²) in [5.41, 5.74) is 0. The molecule has 0 atom stereocenters. The zero-order valence-corrected chi connectivity index (χ0v) is 8.00. The fourth-order valence-corrected chi connectivity index (χ4v) is 1.02. The molecule has 0 fully saturated rings. The zero-order chi connectivity index (χ0) is 6.41. The van der Waals surface area contributed by atoms with Gasteiger partial charge in [-0.25, -0.2) is 0 Å². The van der Waals surface area contributed by atoms with Crippen LogP contribution in [0, 0.1) is 0 Å². The topological polar surface area (TPSA) is 12.5 Å². The first-order valence-electron chi connectivity index (χ1n) is 2.39. The third kappa shape index (κ3) is 6.75. The van der Waals surface area contributed by atoms with Crippen molar-refractivity contribution in [1.82, 2.24) is 4.90 Å². The molecular weight excluding hydrogens is 186 g/mol. The van der Waals surface area contributed by atoms with Gasteiger partial charge in [0.15, 0.2) is 0 Å². The van der Waals surface area contributed by atoms with E-state index in [0.717, 1.165) is 13.2 Å². The molecule has 0 saturated carbocycles. The van der Waals surface area contributed by atoms with E-state index in [4.69, 9.17) is 13.8 Å². The molecule has 0 spiro atoms. The van der Waals surface area contributed by atoms with Crippen molar-refractivity contribution in [3.63, 3.8) is 0 Å². The summed E-state index contributed by atoms with van der Waals surface area (Å²) in [7, 11) is 9.39. The van der Waals surface area contributed by atoms with Crippen molar-refractivity contribution in [2.24, 2.45) is 0 Å². The molecule has 48 valence electrons. The SMILES string of the molecule is CN(C)CC[O][Ge][Cl]. The Balaban J connectivity index is 2.72. The van der Waals surface area contributed by atoms with E-state index in [1.807, 2.05) is 14.1 Å². The van der Waals surface area contributed by atoms with Crippen LogP contribution in [0.3, 0.4) is 0 Å². The fourth-order valence-electron chi connectivity index (χ4n) is 0.267. The molecule has 2 radical (unpaired) electrons. The maximum absolute atomic E-state index is 5.37. The number of likely N-dealkylation sites (N-methyl/N-ethyl adjacent to an activating group) is 1. The Labute approximate surface area is 61.1 Å². The summed E-state index contributed by atoms with van der Waals surface area (Å²) < 4.78 is 4.99. The zero-order valence-electron chi connectivity index (χ0n) is 5.15. The average molecular weight is 196 g/mol. The van der Waals surface area contributed by atoms with E-state index in [-0.39, 0.29) is 0 Å². The third-order valence-electron chi connectivity index (χ3n) is 0.695. The summed E-state index contributed by atoms with van der Waals surface area (Å²) in [4.78, 5) is 2.07. The Kier molecular flexibility index (Phi) is 6.44.